The molecule has 94 valence electrons. The standard InChI is InChI=1S/C11H17N3O2S/c1-14(9-5-4-6-9)17(15,16)11-8-3-2-7-10(11)13-12/h2-3,7-9,13H,4-6,12H2,1H3. The molecule has 0 amide bonds. The third-order valence-corrected chi connectivity index (χ3v) is 5.26. The van der Waals surface area contributed by atoms with Crippen LogP contribution in [0.5, 0.6) is 0 Å². The predicted octanol–water partition coefficient (Wildman–Crippen LogP) is 1.15. The molecule has 0 radical (unpaired) electrons. The summed E-state index contributed by atoms with van der Waals surface area (Å²) in [7, 11) is -1.82. The first-order valence-electron chi connectivity index (χ1n) is 5.61. The van der Waals surface area contributed by atoms with Crippen LogP contribution in [0.2, 0.25) is 0 Å². The Kier molecular flexibility index (Phi) is 3.37. The molecule has 3 N–H and O–H groups in total. The van der Waals surface area contributed by atoms with E-state index < -0.39 is 10.0 Å². The van der Waals surface area contributed by atoms with Gasteiger partial charge in [-0.15, -0.1) is 0 Å². The third kappa shape index (κ3) is 2.15. The molecule has 1 saturated carbocycles. The van der Waals surface area contributed by atoms with E-state index in [2.05, 4.69) is 5.43 Å². The van der Waals surface area contributed by atoms with Crippen molar-refractivity contribution in [2.75, 3.05) is 12.5 Å². The van der Waals surface area contributed by atoms with E-state index in [1.165, 1.54) is 4.31 Å². The number of nitrogens with zero attached hydrogens (tertiary/aromatic N) is 1. The molecule has 1 aromatic carbocycles. The van der Waals surface area contributed by atoms with Crippen molar-refractivity contribution in [3.05, 3.63) is 24.3 Å². The van der Waals surface area contributed by atoms with Gasteiger partial charge in [-0.1, -0.05) is 18.6 Å². The summed E-state index contributed by atoms with van der Waals surface area (Å²) in [5.74, 6) is 5.34. The maximum Gasteiger partial charge on any atom is 0.245 e. The summed E-state index contributed by atoms with van der Waals surface area (Å²) >= 11 is 0. The van der Waals surface area contributed by atoms with Gasteiger partial charge in [0.25, 0.3) is 0 Å². The van der Waals surface area contributed by atoms with Crippen LogP contribution in [0.3, 0.4) is 0 Å². The lowest BCUT2D eigenvalue weighted by atomic mass is 9.94. The van der Waals surface area contributed by atoms with Crippen LogP contribution < -0.4 is 11.3 Å². The second kappa shape index (κ2) is 4.64. The first-order chi connectivity index (χ1) is 8.07. The lowest BCUT2D eigenvalue weighted by Gasteiger charge is -2.34. The predicted molar refractivity (Wildman–Crippen MR) is 66.8 cm³/mol. The average Bonchev–Trinajstić information content (AvgIpc) is 2.26. The van der Waals surface area contributed by atoms with E-state index in [4.69, 9.17) is 5.84 Å². The topological polar surface area (TPSA) is 75.4 Å². The number of anilines is 1. The fourth-order valence-electron chi connectivity index (χ4n) is 1.91. The highest BCUT2D eigenvalue weighted by atomic mass is 32.2. The van der Waals surface area contributed by atoms with Crippen LogP contribution in [0.25, 0.3) is 0 Å². The van der Waals surface area contributed by atoms with Gasteiger partial charge in [0.2, 0.25) is 10.0 Å². The van der Waals surface area contributed by atoms with Gasteiger partial charge in [0.05, 0.1) is 5.69 Å². The summed E-state index contributed by atoms with van der Waals surface area (Å²) in [6, 6.07) is 6.80. The number of nitrogen functional groups attached to an aromatic ring is 1. The Labute approximate surface area is 102 Å². The van der Waals surface area contributed by atoms with Crippen LogP contribution in [0.4, 0.5) is 5.69 Å². The molecule has 1 aliphatic carbocycles. The summed E-state index contributed by atoms with van der Waals surface area (Å²) in [6.45, 7) is 0. The van der Waals surface area contributed by atoms with E-state index in [1.807, 2.05) is 0 Å². The van der Waals surface area contributed by atoms with Crippen LogP contribution in [0, 0.1) is 0 Å². The van der Waals surface area contributed by atoms with Gasteiger partial charge in [0.1, 0.15) is 4.90 Å². The second-order valence-electron chi connectivity index (χ2n) is 4.25. The maximum absolute atomic E-state index is 12.4. The number of hydrazine groups is 1. The highest BCUT2D eigenvalue weighted by Crippen LogP contribution is 2.30. The van der Waals surface area contributed by atoms with Crippen molar-refractivity contribution < 1.29 is 8.42 Å². The normalized spacial score (nSPS) is 16.9. The Bertz CT molecular complexity index is 497. The van der Waals surface area contributed by atoms with E-state index in [-0.39, 0.29) is 10.9 Å². The van der Waals surface area contributed by atoms with Crippen molar-refractivity contribution in [1.82, 2.24) is 4.31 Å². The van der Waals surface area contributed by atoms with Crippen molar-refractivity contribution in [3.8, 4) is 0 Å². The van der Waals surface area contributed by atoms with Gasteiger partial charge in [-0.05, 0) is 25.0 Å². The monoisotopic (exact) mass is 255 g/mol. The minimum Gasteiger partial charge on any atom is -0.323 e. The van der Waals surface area contributed by atoms with Crippen molar-refractivity contribution in [3.63, 3.8) is 0 Å². The number of sulfonamides is 1. The molecule has 0 atom stereocenters. The number of hydrogen-bond acceptors (Lipinski definition) is 4. The molecule has 0 bridgehead atoms. The molecule has 1 aromatic rings. The van der Waals surface area contributed by atoms with E-state index in [0.29, 0.717) is 5.69 Å². The summed E-state index contributed by atoms with van der Waals surface area (Å²) in [5, 5.41) is 0. The highest BCUT2D eigenvalue weighted by Gasteiger charge is 2.32. The number of rotatable bonds is 4. The fourth-order valence-corrected chi connectivity index (χ4v) is 3.48. The molecule has 0 aromatic heterocycles. The molecular formula is C11H17N3O2S. The molecule has 2 rings (SSSR count). The Morgan fingerprint density at radius 3 is 2.53 bits per heavy atom. The quantitative estimate of drug-likeness (QED) is 0.625. The zero-order valence-electron chi connectivity index (χ0n) is 9.76. The van der Waals surface area contributed by atoms with E-state index in [9.17, 15) is 8.42 Å². The first kappa shape index (κ1) is 12.3. The van der Waals surface area contributed by atoms with E-state index in [0.717, 1.165) is 19.3 Å². The number of benzene rings is 1. The summed E-state index contributed by atoms with van der Waals surface area (Å²) in [4.78, 5) is 0.233. The lowest BCUT2D eigenvalue weighted by Crippen LogP contribution is -2.41. The molecular weight excluding hydrogens is 238 g/mol. The van der Waals surface area contributed by atoms with E-state index >= 15 is 0 Å². The average molecular weight is 255 g/mol. The Morgan fingerprint density at radius 2 is 2.00 bits per heavy atom. The molecule has 5 nitrogen and oxygen atoms in total. The molecule has 1 aliphatic rings. The van der Waals surface area contributed by atoms with Crippen molar-refractivity contribution >= 4 is 15.7 Å². The van der Waals surface area contributed by atoms with E-state index in [1.54, 1.807) is 31.3 Å². The maximum atomic E-state index is 12.4. The minimum atomic E-state index is -3.45. The Hall–Kier alpha value is -1.11. The van der Waals surface area contributed by atoms with Crippen molar-refractivity contribution in [2.24, 2.45) is 5.84 Å². The van der Waals surface area contributed by atoms with Crippen LogP contribution in [-0.2, 0) is 10.0 Å². The van der Waals surface area contributed by atoms with Crippen molar-refractivity contribution in [2.45, 2.75) is 30.2 Å². The van der Waals surface area contributed by atoms with Crippen LogP contribution >= 0.6 is 0 Å². The summed E-state index contributed by atoms with van der Waals surface area (Å²) < 4.78 is 26.2. The van der Waals surface area contributed by atoms with Crippen molar-refractivity contribution in [1.29, 1.82) is 0 Å². The summed E-state index contributed by atoms with van der Waals surface area (Å²) in [5.41, 5.74) is 2.86. The Balaban J connectivity index is 2.36. The molecule has 0 saturated heterocycles. The second-order valence-corrected chi connectivity index (χ2v) is 6.21. The fraction of sp³-hybridized carbons (Fsp3) is 0.455. The molecule has 6 heteroatoms. The lowest BCUT2D eigenvalue weighted by molar-refractivity contribution is 0.250. The number of hydrogen-bond donors (Lipinski definition) is 2. The molecule has 0 heterocycles. The van der Waals surface area contributed by atoms with Gasteiger partial charge < -0.3 is 5.43 Å². The molecule has 0 aliphatic heterocycles. The number of nitrogens with two attached hydrogens (primary N) is 1. The van der Waals surface area contributed by atoms with Crippen LogP contribution in [0.15, 0.2) is 29.2 Å². The highest BCUT2D eigenvalue weighted by molar-refractivity contribution is 7.89. The SMILES string of the molecule is CN(C1CCC1)S(=O)(=O)c1ccccc1NN. The molecule has 0 unspecified atom stereocenters. The van der Waals surface area contributed by atoms with Gasteiger partial charge in [0.15, 0.2) is 0 Å². The molecule has 1 fully saturated rings. The van der Waals surface area contributed by atoms with Gasteiger partial charge in [-0.2, -0.15) is 4.31 Å². The molecule has 0 spiro atoms. The third-order valence-electron chi connectivity index (χ3n) is 3.29. The van der Waals surface area contributed by atoms with Gasteiger partial charge in [-0.3, -0.25) is 5.84 Å². The van der Waals surface area contributed by atoms with Gasteiger partial charge in [0, 0.05) is 13.1 Å². The zero-order chi connectivity index (χ0) is 12.5. The first-order valence-corrected chi connectivity index (χ1v) is 7.05. The van der Waals surface area contributed by atoms with Gasteiger partial charge >= 0.3 is 0 Å². The largest absolute Gasteiger partial charge is 0.323 e. The number of nitrogens with one attached hydrogen (secondary N) is 1. The van der Waals surface area contributed by atoms with Crippen LogP contribution in [-0.4, -0.2) is 25.8 Å². The molecule has 17 heavy (non-hydrogen) atoms. The minimum absolute atomic E-state index is 0.130. The Morgan fingerprint density at radius 1 is 1.35 bits per heavy atom. The summed E-state index contributed by atoms with van der Waals surface area (Å²) in [6.07, 6.45) is 2.98. The van der Waals surface area contributed by atoms with Gasteiger partial charge in [-0.25, -0.2) is 8.42 Å². The zero-order valence-corrected chi connectivity index (χ0v) is 10.6. The van der Waals surface area contributed by atoms with Crippen LogP contribution in [0.1, 0.15) is 19.3 Å². The smallest absolute Gasteiger partial charge is 0.245 e. The number of para-hydroxylation sites is 1.